The fourth-order valence-electron chi connectivity index (χ4n) is 1.89. The highest BCUT2D eigenvalue weighted by Gasteiger charge is 2.11. The lowest BCUT2D eigenvalue weighted by Crippen LogP contribution is -1.89. The first-order valence-electron chi connectivity index (χ1n) is 6.20. The van der Waals surface area contributed by atoms with E-state index >= 15 is 0 Å². The molecule has 19 heavy (non-hydrogen) atoms. The molecule has 98 valence electrons. The van der Waals surface area contributed by atoms with Crippen LogP contribution in [0.4, 0.5) is 0 Å². The van der Waals surface area contributed by atoms with Gasteiger partial charge in [-0.3, -0.25) is 0 Å². The molecule has 1 unspecified atom stereocenters. The zero-order valence-electron chi connectivity index (χ0n) is 10.5. The Labute approximate surface area is 124 Å². The average Bonchev–Trinajstić information content (AvgIpc) is 3.14. The van der Waals surface area contributed by atoms with Crippen molar-refractivity contribution in [2.45, 2.75) is 19.4 Å². The molecule has 0 saturated heterocycles. The SMILES string of the molecule is CCC(O)c1ccc(-c2ccc(-c3cccs3)s2)s1. The zero-order chi connectivity index (χ0) is 13.2. The Hall–Kier alpha value is -0.940. The van der Waals surface area contributed by atoms with Crippen molar-refractivity contribution >= 4 is 34.0 Å². The smallest absolute Gasteiger partial charge is 0.0879 e. The molecule has 0 bridgehead atoms. The summed E-state index contributed by atoms with van der Waals surface area (Å²) in [6, 6.07) is 12.7. The summed E-state index contributed by atoms with van der Waals surface area (Å²) in [6.07, 6.45) is 0.445. The van der Waals surface area contributed by atoms with Crippen LogP contribution < -0.4 is 0 Å². The Kier molecular flexibility index (Phi) is 3.84. The van der Waals surface area contributed by atoms with E-state index in [1.807, 2.05) is 24.3 Å². The van der Waals surface area contributed by atoms with Crippen molar-refractivity contribution in [3.8, 4) is 19.5 Å². The summed E-state index contributed by atoms with van der Waals surface area (Å²) in [5.74, 6) is 0. The van der Waals surface area contributed by atoms with Gasteiger partial charge >= 0.3 is 0 Å². The summed E-state index contributed by atoms with van der Waals surface area (Å²) in [5, 5.41) is 12.0. The number of thiophene rings is 3. The van der Waals surface area contributed by atoms with Gasteiger partial charge in [0.05, 0.1) is 6.10 Å². The lowest BCUT2D eigenvalue weighted by molar-refractivity contribution is 0.177. The van der Waals surface area contributed by atoms with Crippen LogP contribution in [0.5, 0.6) is 0 Å². The third kappa shape index (κ3) is 2.67. The van der Waals surface area contributed by atoms with Gasteiger partial charge in [-0.25, -0.2) is 0 Å². The van der Waals surface area contributed by atoms with Crippen LogP contribution in [0.25, 0.3) is 19.5 Å². The maximum absolute atomic E-state index is 9.86. The molecule has 1 N–H and O–H groups in total. The normalized spacial score (nSPS) is 12.7. The first-order valence-corrected chi connectivity index (χ1v) is 8.71. The van der Waals surface area contributed by atoms with E-state index in [9.17, 15) is 5.11 Å². The molecule has 3 aromatic heterocycles. The Balaban J connectivity index is 1.89. The highest BCUT2D eigenvalue weighted by molar-refractivity contribution is 7.26. The molecule has 0 saturated carbocycles. The highest BCUT2D eigenvalue weighted by atomic mass is 32.1. The molecular formula is C15H14OS3. The van der Waals surface area contributed by atoms with Gasteiger partial charge in [0.15, 0.2) is 0 Å². The van der Waals surface area contributed by atoms with E-state index in [1.54, 1.807) is 22.7 Å². The van der Waals surface area contributed by atoms with Gasteiger partial charge in [0.1, 0.15) is 0 Å². The molecule has 0 aliphatic heterocycles. The molecule has 3 aromatic rings. The maximum Gasteiger partial charge on any atom is 0.0879 e. The third-order valence-corrected chi connectivity index (χ3v) is 6.49. The van der Waals surface area contributed by atoms with Gasteiger partial charge in [0.25, 0.3) is 0 Å². The predicted octanol–water partition coefficient (Wildman–Crippen LogP) is 5.65. The third-order valence-electron chi connectivity index (χ3n) is 2.95. The molecule has 4 heteroatoms. The van der Waals surface area contributed by atoms with Gasteiger partial charge in [0, 0.05) is 24.4 Å². The zero-order valence-corrected chi connectivity index (χ0v) is 12.9. The van der Waals surface area contributed by atoms with Crippen molar-refractivity contribution in [2.24, 2.45) is 0 Å². The van der Waals surface area contributed by atoms with Crippen LogP contribution in [0, 0.1) is 0 Å². The quantitative estimate of drug-likeness (QED) is 0.660. The average molecular weight is 306 g/mol. The Morgan fingerprint density at radius 1 is 0.947 bits per heavy atom. The fraction of sp³-hybridized carbons (Fsp3) is 0.200. The lowest BCUT2D eigenvalue weighted by atomic mass is 10.2. The van der Waals surface area contributed by atoms with Crippen LogP contribution in [0.2, 0.25) is 0 Å². The lowest BCUT2D eigenvalue weighted by Gasteiger charge is -2.02. The predicted molar refractivity (Wildman–Crippen MR) is 86.2 cm³/mol. The van der Waals surface area contributed by atoms with E-state index in [1.165, 1.54) is 19.5 Å². The molecular weight excluding hydrogens is 292 g/mol. The van der Waals surface area contributed by atoms with E-state index in [-0.39, 0.29) is 6.10 Å². The summed E-state index contributed by atoms with van der Waals surface area (Å²) in [7, 11) is 0. The van der Waals surface area contributed by atoms with Crippen LogP contribution in [-0.4, -0.2) is 5.11 Å². The second-order valence-corrected chi connectivity index (χ2v) is 7.41. The second kappa shape index (κ2) is 5.59. The summed E-state index contributed by atoms with van der Waals surface area (Å²) in [6.45, 7) is 2.00. The number of aliphatic hydroxyl groups excluding tert-OH is 1. The minimum absolute atomic E-state index is 0.324. The maximum atomic E-state index is 9.86. The van der Waals surface area contributed by atoms with Crippen LogP contribution in [0.1, 0.15) is 24.3 Å². The fourth-order valence-corrected chi connectivity index (χ4v) is 4.90. The highest BCUT2D eigenvalue weighted by Crippen LogP contribution is 2.40. The molecule has 0 aromatic carbocycles. The molecule has 0 spiro atoms. The summed E-state index contributed by atoms with van der Waals surface area (Å²) >= 11 is 5.28. The van der Waals surface area contributed by atoms with Gasteiger partial charge in [-0.2, -0.15) is 0 Å². The minimum atomic E-state index is -0.324. The van der Waals surface area contributed by atoms with E-state index in [2.05, 4.69) is 35.7 Å². The minimum Gasteiger partial charge on any atom is -0.388 e. The van der Waals surface area contributed by atoms with Crippen LogP contribution >= 0.6 is 34.0 Å². The standard InChI is InChI=1S/C15H14OS3/c1-2-10(16)11-5-6-14(18-11)15-8-7-13(19-15)12-4-3-9-17-12/h3-10,16H,2H2,1H3. The summed E-state index contributed by atoms with van der Waals surface area (Å²) in [4.78, 5) is 6.22. The van der Waals surface area contributed by atoms with Crippen molar-refractivity contribution in [2.75, 3.05) is 0 Å². The number of rotatable bonds is 4. The molecule has 0 amide bonds. The second-order valence-electron chi connectivity index (χ2n) is 4.27. The molecule has 3 heterocycles. The Bertz CT molecular complexity index is 649. The van der Waals surface area contributed by atoms with Crippen molar-refractivity contribution in [3.05, 3.63) is 46.7 Å². The van der Waals surface area contributed by atoms with Gasteiger partial charge in [-0.05, 0) is 42.1 Å². The van der Waals surface area contributed by atoms with Crippen LogP contribution in [0.3, 0.4) is 0 Å². The van der Waals surface area contributed by atoms with Crippen LogP contribution in [0.15, 0.2) is 41.8 Å². The molecule has 1 nitrogen and oxygen atoms in total. The van der Waals surface area contributed by atoms with E-state index in [0.29, 0.717) is 0 Å². The number of hydrogen-bond acceptors (Lipinski definition) is 4. The molecule has 0 aliphatic carbocycles. The molecule has 0 fully saturated rings. The molecule has 3 rings (SSSR count). The van der Waals surface area contributed by atoms with Crippen molar-refractivity contribution in [1.82, 2.24) is 0 Å². The molecule has 0 aliphatic rings. The van der Waals surface area contributed by atoms with Gasteiger partial charge in [-0.15, -0.1) is 34.0 Å². The van der Waals surface area contributed by atoms with Gasteiger partial charge in [0.2, 0.25) is 0 Å². The van der Waals surface area contributed by atoms with Crippen molar-refractivity contribution < 1.29 is 5.11 Å². The van der Waals surface area contributed by atoms with Crippen LogP contribution in [-0.2, 0) is 0 Å². The first-order chi connectivity index (χ1) is 9.28. The van der Waals surface area contributed by atoms with E-state index < -0.39 is 0 Å². The largest absolute Gasteiger partial charge is 0.388 e. The summed E-state index contributed by atoms with van der Waals surface area (Å²) < 4.78 is 0. The first kappa shape index (κ1) is 13.1. The molecule has 0 radical (unpaired) electrons. The van der Waals surface area contributed by atoms with Crippen molar-refractivity contribution in [1.29, 1.82) is 0 Å². The number of hydrogen-bond donors (Lipinski definition) is 1. The van der Waals surface area contributed by atoms with E-state index in [0.717, 1.165) is 11.3 Å². The summed E-state index contributed by atoms with van der Waals surface area (Å²) in [5.41, 5.74) is 0. The Morgan fingerprint density at radius 2 is 1.63 bits per heavy atom. The van der Waals surface area contributed by atoms with E-state index in [4.69, 9.17) is 0 Å². The van der Waals surface area contributed by atoms with Gasteiger partial charge in [-0.1, -0.05) is 13.0 Å². The number of aliphatic hydroxyl groups is 1. The Morgan fingerprint density at radius 3 is 2.32 bits per heavy atom. The van der Waals surface area contributed by atoms with Gasteiger partial charge < -0.3 is 5.11 Å². The topological polar surface area (TPSA) is 20.2 Å². The van der Waals surface area contributed by atoms with Crippen molar-refractivity contribution in [3.63, 3.8) is 0 Å². The monoisotopic (exact) mass is 306 g/mol. The molecule has 1 atom stereocenters.